The van der Waals surface area contributed by atoms with Crippen molar-refractivity contribution >= 4 is 11.5 Å². The maximum Gasteiger partial charge on any atom is 0.319 e. The molecule has 12 heteroatoms. The molecular weight excluding hydrogens is 394 g/mol. The van der Waals surface area contributed by atoms with Crippen molar-refractivity contribution in [3.63, 3.8) is 0 Å². The van der Waals surface area contributed by atoms with Crippen LogP contribution in [0.4, 0.5) is 23.6 Å². The number of aromatic amines is 1. The average molecular weight is 407 g/mol. The summed E-state index contributed by atoms with van der Waals surface area (Å²) in [5.41, 5.74) is 2.05. The molecule has 1 N–H and O–H groups in total. The number of rotatable bonds is 4. The topological polar surface area (TPSA) is 88.1 Å². The molecule has 4 aromatic rings. The van der Waals surface area contributed by atoms with E-state index in [0.29, 0.717) is 29.9 Å². The highest BCUT2D eigenvalue weighted by Crippen LogP contribution is 2.37. The van der Waals surface area contributed by atoms with Gasteiger partial charge in [-0.1, -0.05) is 11.2 Å². The number of halogens is 4. The second kappa shape index (κ2) is 6.57. The number of alkyl halides is 4. The van der Waals surface area contributed by atoms with Crippen LogP contribution in [0.15, 0.2) is 35.0 Å². The fraction of sp³-hybridized carbons (Fsp3) is 0.294. The van der Waals surface area contributed by atoms with Crippen LogP contribution >= 0.6 is 0 Å². The summed E-state index contributed by atoms with van der Waals surface area (Å²) in [4.78, 5) is 8.97. The molecule has 0 aliphatic carbocycles. The van der Waals surface area contributed by atoms with E-state index in [1.807, 2.05) is 0 Å². The molecule has 0 amide bonds. The summed E-state index contributed by atoms with van der Waals surface area (Å²) in [6.07, 6.45) is -3.56. The van der Waals surface area contributed by atoms with Crippen LogP contribution < -0.4 is 4.90 Å². The zero-order valence-electron chi connectivity index (χ0n) is 14.6. The highest BCUT2D eigenvalue weighted by Gasteiger charge is 2.36. The van der Waals surface area contributed by atoms with Gasteiger partial charge in [-0.2, -0.15) is 13.9 Å². The van der Waals surface area contributed by atoms with E-state index >= 15 is 0 Å². The molecule has 150 valence electrons. The van der Waals surface area contributed by atoms with Crippen molar-refractivity contribution in [2.75, 3.05) is 11.4 Å². The van der Waals surface area contributed by atoms with E-state index in [2.05, 4.69) is 25.3 Å². The van der Waals surface area contributed by atoms with Gasteiger partial charge < -0.3 is 14.3 Å². The summed E-state index contributed by atoms with van der Waals surface area (Å²) in [7, 11) is 0. The van der Waals surface area contributed by atoms with E-state index in [9.17, 15) is 17.6 Å². The largest absolute Gasteiger partial charge is 0.402 e. The Balaban J connectivity index is 1.65. The predicted molar refractivity (Wildman–Crippen MR) is 90.9 cm³/mol. The molecule has 5 rings (SSSR count). The molecule has 8 nitrogen and oxygen atoms in total. The Hall–Kier alpha value is -3.44. The maximum absolute atomic E-state index is 13.4. The fourth-order valence-corrected chi connectivity index (χ4v) is 3.57. The number of H-pyrrole nitrogens is 1. The van der Waals surface area contributed by atoms with Gasteiger partial charge in [0.25, 0.3) is 12.3 Å². The Kier molecular flexibility index (Phi) is 4.00. The molecule has 0 saturated carbocycles. The molecule has 0 fully saturated rings. The van der Waals surface area contributed by atoms with Gasteiger partial charge in [-0.15, -0.1) is 5.10 Å². The van der Waals surface area contributed by atoms with Crippen LogP contribution in [-0.4, -0.2) is 36.3 Å². The first-order chi connectivity index (χ1) is 14.0. The lowest BCUT2D eigenvalue weighted by Gasteiger charge is -2.32. The first-order valence-electron chi connectivity index (χ1n) is 8.70. The SMILES string of the molecule is FC(F)c1nnc(N2CCc3[nH]cnc3[C@H]2c2cc3cccc(C(F)F)n3n2)o1. The van der Waals surface area contributed by atoms with Crippen molar-refractivity contribution in [3.8, 4) is 0 Å². The van der Waals surface area contributed by atoms with Crippen LogP contribution in [0.1, 0.15) is 47.6 Å². The van der Waals surface area contributed by atoms with Gasteiger partial charge in [0, 0.05) is 18.7 Å². The van der Waals surface area contributed by atoms with Crippen molar-refractivity contribution in [1.82, 2.24) is 29.8 Å². The lowest BCUT2D eigenvalue weighted by atomic mass is 10.0. The Morgan fingerprint density at radius 3 is 2.76 bits per heavy atom. The van der Waals surface area contributed by atoms with E-state index in [0.717, 1.165) is 10.2 Å². The van der Waals surface area contributed by atoms with E-state index in [-0.39, 0.29) is 11.7 Å². The molecule has 4 aromatic heterocycles. The van der Waals surface area contributed by atoms with Crippen molar-refractivity contribution in [2.24, 2.45) is 0 Å². The zero-order valence-corrected chi connectivity index (χ0v) is 14.6. The van der Waals surface area contributed by atoms with Gasteiger partial charge in [0.1, 0.15) is 11.7 Å². The zero-order chi connectivity index (χ0) is 20.1. The van der Waals surface area contributed by atoms with Crippen molar-refractivity contribution < 1.29 is 22.0 Å². The first-order valence-corrected chi connectivity index (χ1v) is 8.70. The Bertz CT molecular complexity index is 1170. The number of hydrogen-bond acceptors (Lipinski definition) is 6. The molecule has 0 radical (unpaired) electrons. The third-order valence-electron chi connectivity index (χ3n) is 4.83. The third-order valence-corrected chi connectivity index (χ3v) is 4.83. The van der Waals surface area contributed by atoms with Crippen LogP contribution in [0.25, 0.3) is 5.52 Å². The highest BCUT2D eigenvalue weighted by molar-refractivity contribution is 5.53. The van der Waals surface area contributed by atoms with Gasteiger partial charge in [0.05, 0.1) is 23.2 Å². The van der Waals surface area contributed by atoms with Crippen molar-refractivity contribution in [3.05, 3.63) is 59.3 Å². The monoisotopic (exact) mass is 407 g/mol. The standard InChI is InChI=1S/C17H13F4N7O/c18-14(19)11-3-1-2-8-6-10(26-28(8)11)13-12-9(22-7-23-12)4-5-27(13)17-25-24-16(29-17)15(20)21/h1-3,6-7,13-15H,4-5H2,(H,22,23)/t13-/m1/s1. The molecule has 0 aromatic carbocycles. The molecule has 5 heterocycles. The number of imidazole rings is 1. The minimum absolute atomic E-state index is 0.106. The van der Waals surface area contributed by atoms with E-state index in [4.69, 9.17) is 4.42 Å². The fourth-order valence-electron chi connectivity index (χ4n) is 3.57. The number of hydrogen-bond donors (Lipinski definition) is 1. The highest BCUT2D eigenvalue weighted by atomic mass is 19.3. The molecule has 0 unspecified atom stereocenters. The van der Waals surface area contributed by atoms with Crippen LogP contribution in [0.5, 0.6) is 0 Å². The Morgan fingerprint density at radius 2 is 2.00 bits per heavy atom. The number of pyridine rings is 1. The predicted octanol–water partition coefficient (Wildman–Crippen LogP) is 3.47. The minimum atomic E-state index is -2.90. The van der Waals surface area contributed by atoms with Gasteiger partial charge in [-0.05, 0) is 18.2 Å². The molecule has 29 heavy (non-hydrogen) atoms. The summed E-state index contributed by atoms with van der Waals surface area (Å²) in [6.45, 7) is 0.361. The average Bonchev–Trinajstić information content (AvgIpc) is 3.44. The molecule has 0 spiro atoms. The second-order valence-corrected chi connectivity index (χ2v) is 6.49. The Labute approximate surface area is 160 Å². The number of anilines is 1. The molecular formula is C17H13F4N7O. The number of nitrogens with zero attached hydrogens (tertiary/aromatic N) is 6. The van der Waals surface area contributed by atoms with Crippen LogP contribution in [-0.2, 0) is 6.42 Å². The lowest BCUT2D eigenvalue weighted by Crippen LogP contribution is -2.37. The Morgan fingerprint density at radius 1 is 1.14 bits per heavy atom. The van der Waals surface area contributed by atoms with E-state index < -0.39 is 24.8 Å². The second-order valence-electron chi connectivity index (χ2n) is 6.49. The summed E-state index contributed by atoms with van der Waals surface area (Å²) < 4.78 is 58.8. The number of nitrogens with one attached hydrogen (secondary N) is 1. The summed E-state index contributed by atoms with van der Waals surface area (Å²) in [6, 6.07) is 5.35. The quantitative estimate of drug-likeness (QED) is 0.521. The van der Waals surface area contributed by atoms with Gasteiger partial charge >= 0.3 is 12.4 Å². The van der Waals surface area contributed by atoms with Gasteiger partial charge in [0.15, 0.2) is 0 Å². The van der Waals surface area contributed by atoms with Crippen LogP contribution in [0.3, 0.4) is 0 Å². The minimum Gasteiger partial charge on any atom is -0.402 e. The summed E-state index contributed by atoms with van der Waals surface area (Å²) >= 11 is 0. The summed E-state index contributed by atoms with van der Waals surface area (Å²) in [5, 5.41) is 11.5. The van der Waals surface area contributed by atoms with E-state index in [1.54, 1.807) is 17.0 Å². The molecule has 0 saturated heterocycles. The molecule has 1 aliphatic heterocycles. The van der Waals surface area contributed by atoms with Crippen molar-refractivity contribution in [1.29, 1.82) is 0 Å². The van der Waals surface area contributed by atoms with Crippen LogP contribution in [0, 0.1) is 0 Å². The first kappa shape index (κ1) is 17.6. The van der Waals surface area contributed by atoms with E-state index in [1.165, 1.54) is 18.5 Å². The van der Waals surface area contributed by atoms with Gasteiger partial charge in [0.2, 0.25) is 0 Å². The number of aromatic nitrogens is 6. The normalized spacial score (nSPS) is 16.9. The summed E-state index contributed by atoms with van der Waals surface area (Å²) in [5.74, 6) is -0.790. The smallest absolute Gasteiger partial charge is 0.319 e. The van der Waals surface area contributed by atoms with Gasteiger partial charge in [-0.3, -0.25) is 0 Å². The van der Waals surface area contributed by atoms with Crippen LogP contribution in [0.2, 0.25) is 0 Å². The molecule has 1 atom stereocenters. The molecule has 1 aliphatic rings. The number of fused-ring (bicyclic) bond motifs is 2. The lowest BCUT2D eigenvalue weighted by molar-refractivity contribution is 0.115. The van der Waals surface area contributed by atoms with Gasteiger partial charge in [-0.25, -0.2) is 18.3 Å². The van der Waals surface area contributed by atoms with Crippen molar-refractivity contribution in [2.45, 2.75) is 25.3 Å². The maximum atomic E-state index is 13.4. The molecule has 0 bridgehead atoms. The third kappa shape index (κ3) is 2.82.